The summed E-state index contributed by atoms with van der Waals surface area (Å²) >= 11 is 0. The van der Waals surface area contributed by atoms with Gasteiger partial charge in [0.25, 0.3) is 0 Å². The Labute approximate surface area is 227 Å². The lowest BCUT2D eigenvalue weighted by atomic mass is 9.88. The van der Waals surface area contributed by atoms with Crippen molar-refractivity contribution in [3.05, 3.63) is 101 Å². The number of furan rings is 1. The maximum Gasteiger partial charge on any atom is 0.335 e. The first-order chi connectivity index (χ1) is 19.4. The summed E-state index contributed by atoms with van der Waals surface area (Å²) in [6.07, 6.45) is 1.63. The predicted molar refractivity (Wildman–Crippen MR) is 140 cm³/mol. The monoisotopic (exact) mass is 536 g/mol. The zero-order valence-electron chi connectivity index (χ0n) is 20.8. The van der Waals surface area contributed by atoms with Gasteiger partial charge in [-0.15, -0.1) is 0 Å². The Hall–Kier alpha value is -5.31. The minimum Gasteiger partial charge on any atom is -0.486 e. The van der Waals surface area contributed by atoms with Gasteiger partial charge in [0.2, 0.25) is 5.78 Å². The van der Waals surface area contributed by atoms with E-state index in [0.717, 1.165) is 0 Å². The van der Waals surface area contributed by atoms with E-state index in [1.54, 1.807) is 54.6 Å². The molecule has 0 fully saturated rings. The summed E-state index contributed by atoms with van der Waals surface area (Å²) in [7, 11) is 0. The van der Waals surface area contributed by atoms with Crippen molar-refractivity contribution < 1.29 is 42.9 Å². The maximum atomic E-state index is 13.3. The van der Waals surface area contributed by atoms with E-state index in [1.807, 2.05) is 6.07 Å². The summed E-state index contributed by atoms with van der Waals surface area (Å²) in [4.78, 5) is 37.0. The number of allylic oxidation sites excluding steroid dienone is 1. The van der Waals surface area contributed by atoms with Gasteiger partial charge in [0.15, 0.2) is 17.3 Å². The number of benzene rings is 3. The quantitative estimate of drug-likeness (QED) is 0.205. The van der Waals surface area contributed by atoms with Crippen LogP contribution in [0.4, 0.5) is 0 Å². The van der Waals surface area contributed by atoms with Crippen LogP contribution in [0, 0.1) is 0 Å². The molecule has 3 aromatic carbocycles. The average Bonchev–Trinajstić information content (AvgIpc) is 3.58. The van der Waals surface area contributed by atoms with Crippen molar-refractivity contribution in [3.63, 3.8) is 0 Å². The van der Waals surface area contributed by atoms with Crippen LogP contribution in [0.5, 0.6) is 23.0 Å². The molecule has 3 aliphatic rings. The van der Waals surface area contributed by atoms with Crippen LogP contribution in [-0.4, -0.2) is 36.0 Å². The Morgan fingerprint density at radius 3 is 2.42 bits per heavy atom. The summed E-state index contributed by atoms with van der Waals surface area (Å²) in [6.45, 7) is 0.928. The lowest BCUT2D eigenvalue weighted by molar-refractivity contribution is -0.135. The van der Waals surface area contributed by atoms with Gasteiger partial charge >= 0.3 is 11.9 Å². The molecule has 1 N–H and O–H groups in total. The number of carboxylic acid groups (broad SMARTS) is 1. The second kappa shape index (κ2) is 9.16. The van der Waals surface area contributed by atoms with Gasteiger partial charge in [-0.3, -0.25) is 9.59 Å². The number of rotatable bonds is 4. The molecular weight excluding hydrogens is 516 g/mol. The van der Waals surface area contributed by atoms with Crippen molar-refractivity contribution in [2.24, 2.45) is 0 Å². The van der Waals surface area contributed by atoms with Gasteiger partial charge in [0.05, 0.1) is 23.5 Å². The summed E-state index contributed by atoms with van der Waals surface area (Å²) < 4.78 is 29.0. The van der Waals surface area contributed by atoms with Gasteiger partial charge < -0.3 is 28.5 Å². The number of hydrogen-bond acceptors (Lipinski definition) is 8. The molecule has 1 atom stereocenters. The van der Waals surface area contributed by atoms with Gasteiger partial charge in [0.1, 0.15) is 36.2 Å². The van der Waals surface area contributed by atoms with Crippen molar-refractivity contribution in [3.8, 4) is 34.3 Å². The number of carbonyl (C=O) groups excluding carboxylic acids is 2. The van der Waals surface area contributed by atoms with Crippen LogP contribution >= 0.6 is 0 Å². The number of fused-ring (bicyclic) bond motifs is 4. The summed E-state index contributed by atoms with van der Waals surface area (Å²) in [5.74, 6) is 0.706. The van der Waals surface area contributed by atoms with E-state index in [1.165, 1.54) is 12.1 Å². The van der Waals surface area contributed by atoms with Crippen LogP contribution in [0.3, 0.4) is 0 Å². The molecule has 0 bridgehead atoms. The first kappa shape index (κ1) is 23.8. The van der Waals surface area contributed by atoms with E-state index < -0.39 is 17.9 Å². The minimum absolute atomic E-state index is 0.00683. The van der Waals surface area contributed by atoms with Crippen molar-refractivity contribution in [2.45, 2.75) is 12.3 Å². The molecule has 40 heavy (non-hydrogen) atoms. The molecule has 0 radical (unpaired) electrons. The van der Waals surface area contributed by atoms with Gasteiger partial charge in [0, 0.05) is 11.1 Å². The summed E-state index contributed by atoms with van der Waals surface area (Å²) in [5.41, 5.74) is 2.47. The summed E-state index contributed by atoms with van der Waals surface area (Å²) in [6, 6.07) is 18.4. The predicted octanol–water partition coefficient (Wildman–Crippen LogP) is 5.47. The molecule has 4 heterocycles. The van der Waals surface area contributed by atoms with Crippen molar-refractivity contribution in [1.29, 1.82) is 0 Å². The smallest absolute Gasteiger partial charge is 0.335 e. The van der Waals surface area contributed by atoms with E-state index >= 15 is 0 Å². The zero-order valence-corrected chi connectivity index (χ0v) is 20.8. The van der Waals surface area contributed by atoms with E-state index in [-0.39, 0.29) is 23.5 Å². The second-order valence-electron chi connectivity index (χ2n) is 9.51. The fraction of sp³-hybridized carbons (Fsp3) is 0.129. The largest absolute Gasteiger partial charge is 0.486 e. The summed E-state index contributed by atoms with van der Waals surface area (Å²) in [5, 5.41) is 9.16. The fourth-order valence-electron chi connectivity index (χ4n) is 5.12. The second-order valence-corrected chi connectivity index (χ2v) is 9.51. The van der Waals surface area contributed by atoms with Crippen LogP contribution in [0.1, 0.15) is 49.9 Å². The Bertz CT molecular complexity index is 1740. The standard InChI is InChI=1S/C31H20O9/c32-27-15-20(22-10-9-21(38-22)17-2-4-18(5-3-17)31(34)35)28-24(39-27)8-6-19-29(33)26(40-30(19)28)14-16-1-7-23-25(13-16)37-12-11-36-23/h1-10,13-14,20H,11-12,15H2,(H,34,35)/b26-14-/t20-/m1/s1. The van der Waals surface area contributed by atoms with Crippen LogP contribution in [0.25, 0.3) is 17.4 Å². The molecule has 1 aromatic heterocycles. The number of hydrogen-bond donors (Lipinski definition) is 1. The SMILES string of the molecule is O=C1C[C@H](c2ccc(-c3ccc(C(=O)O)cc3)o2)c2c(ccc3c2O/C(=C\c2ccc4c(c2)OCCO4)C3=O)O1. The third-order valence-corrected chi connectivity index (χ3v) is 7.03. The van der Waals surface area contributed by atoms with Crippen LogP contribution in [0.2, 0.25) is 0 Å². The van der Waals surface area contributed by atoms with Crippen molar-refractivity contribution >= 4 is 23.8 Å². The fourth-order valence-corrected chi connectivity index (χ4v) is 5.12. The molecule has 7 rings (SSSR count). The van der Waals surface area contributed by atoms with E-state index in [0.29, 0.717) is 70.0 Å². The molecule has 198 valence electrons. The third kappa shape index (κ3) is 3.99. The van der Waals surface area contributed by atoms with E-state index in [9.17, 15) is 14.4 Å². The molecule has 9 heteroatoms. The van der Waals surface area contributed by atoms with Crippen LogP contribution in [-0.2, 0) is 4.79 Å². The Morgan fingerprint density at radius 2 is 1.62 bits per heavy atom. The molecule has 0 aliphatic carbocycles. The normalized spacial score (nSPS) is 18.1. The van der Waals surface area contributed by atoms with Crippen LogP contribution < -0.4 is 18.9 Å². The molecular formula is C31H20O9. The number of esters is 1. The molecule has 9 nitrogen and oxygen atoms in total. The van der Waals surface area contributed by atoms with Gasteiger partial charge in [-0.25, -0.2) is 4.79 Å². The molecule has 0 spiro atoms. The molecule has 3 aliphatic heterocycles. The molecule has 0 saturated carbocycles. The number of carboxylic acids is 1. The molecule has 0 amide bonds. The number of ether oxygens (including phenoxy) is 4. The van der Waals surface area contributed by atoms with E-state index in [2.05, 4.69) is 0 Å². The van der Waals surface area contributed by atoms with Crippen molar-refractivity contribution in [2.75, 3.05) is 13.2 Å². The first-order valence-electron chi connectivity index (χ1n) is 12.6. The highest BCUT2D eigenvalue weighted by Gasteiger charge is 2.39. The highest BCUT2D eigenvalue weighted by atomic mass is 16.6. The Balaban J connectivity index is 1.24. The first-order valence-corrected chi connectivity index (χ1v) is 12.6. The van der Waals surface area contributed by atoms with Gasteiger partial charge in [-0.2, -0.15) is 0 Å². The Morgan fingerprint density at radius 1 is 0.850 bits per heavy atom. The number of ketones is 1. The van der Waals surface area contributed by atoms with Crippen molar-refractivity contribution in [1.82, 2.24) is 0 Å². The zero-order chi connectivity index (χ0) is 27.4. The highest BCUT2D eigenvalue weighted by Crippen LogP contribution is 2.49. The number of aromatic carboxylic acids is 1. The molecule has 4 aromatic rings. The maximum absolute atomic E-state index is 13.3. The molecule has 0 saturated heterocycles. The lowest BCUT2D eigenvalue weighted by Crippen LogP contribution is -2.21. The van der Waals surface area contributed by atoms with Gasteiger partial charge in [-0.1, -0.05) is 18.2 Å². The minimum atomic E-state index is -1.02. The Kier molecular flexibility index (Phi) is 5.45. The number of Topliss-reactive ketones (excluding diaryl/α,β-unsaturated/α-hetero) is 1. The average molecular weight is 536 g/mol. The van der Waals surface area contributed by atoms with Gasteiger partial charge in [-0.05, 0) is 60.2 Å². The van der Waals surface area contributed by atoms with E-state index in [4.69, 9.17) is 28.5 Å². The highest BCUT2D eigenvalue weighted by molar-refractivity contribution is 6.15. The lowest BCUT2D eigenvalue weighted by Gasteiger charge is -2.24. The third-order valence-electron chi connectivity index (χ3n) is 7.03. The number of carbonyl (C=O) groups is 3. The molecule has 0 unspecified atom stereocenters. The van der Waals surface area contributed by atoms with Crippen LogP contribution in [0.15, 0.2) is 76.9 Å². The topological polar surface area (TPSA) is 122 Å².